The maximum Gasteiger partial charge on any atom is 0.253 e. The molecule has 0 spiro atoms. The molecular weight excluding hydrogens is 216 g/mol. The molecule has 1 amide bonds. The molecule has 5 nitrogen and oxygen atoms in total. The van der Waals surface area contributed by atoms with Crippen molar-refractivity contribution in [2.75, 3.05) is 0 Å². The Balaban J connectivity index is 2.94. The van der Waals surface area contributed by atoms with E-state index in [0.29, 0.717) is 11.3 Å². The molecule has 1 aromatic rings. The van der Waals surface area contributed by atoms with Crippen molar-refractivity contribution in [2.45, 2.75) is 46.2 Å². The van der Waals surface area contributed by atoms with Crippen LogP contribution in [-0.2, 0) is 0 Å². The lowest BCUT2D eigenvalue weighted by Gasteiger charge is -2.30. The summed E-state index contributed by atoms with van der Waals surface area (Å²) in [6.45, 7) is 9.22. The summed E-state index contributed by atoms with van der Waals surface area (Å²) >= 11 is 0. The minimum atomic E-state index is -0.458. The van der Waals surface area contributed by atoms with E-state index in [1.165, 1.54) is 0 Å². The number of rotatable bonds is 3. The van der Waals surface area contributed by atoms with Crippen LogP contribution in [0.1, 0.15) is 42.5 Å². The highest BCUT2D eigenvalue weighted by atomic mass is 16.1. The molecule has 0 saturated heterocycles. The van der Waals surface area contributed by atoms with Crippen molar-refractivity contribution in [1.29, 1.82) is 0 Å². The summed E-state index contributed by atoms with van der Waals surface area (Å²) in [4.78, 5) is 12.1. The van der Waals surface area contributed by atoms with Gasteiger partial charge in [0.25, 0.3) is 5.91 Å². The third kappa shape index (κ3) is 3.23. The van der Waals surface area contributed by atoms with Gasteiger partial charge in [0.1, 0.15) is 0 Å². The van der Waals surface area contributed by atoms with Gasteiger partial charge in [0.05, 0.1) is 17.0 Å². The van der Waals surface area contributed by atoms with E-state index in [1.54, 1.807) is 19.9 Å². The molecule has 0 fully saturated rings. The van der Waals surface area contributed by atoms with E-state index in [9.17, 15) is 4.79 Å². The van der Waals surface area contributed by atoms with Crippen LogP contribution >= 0.6 is 0 Å². The van der Waals surface area contributed by atoms with Crippen LogP contribution in [-0.4, -0.2) is 27.7 Å². The third-order valence-corrected chi connectivity index (χ3v) is 2.92. The van der Waals surface area contributed by atoms with Crippen molar-refractivity contribution < 1.29 is 4.79 Å². The van der Waals surface area contributed by atoms with Gasteiger partial charge >= 0.3 is 0 Å². The molecule has 5 heteroatoms. The van der Waals surface area contributed by atoms with E-state index in [1.807, 2.05) is 20.8 Å². The highest BCUT2D eigenvalue weighted by Crippen LogP contribution is 2.11. The van der Waals surface area contributed by atoms with Crippen LogP contribution in [0.4, 0.5) is 0 Å². The summed E-state index contributed by atoms with van der Waals surface area (Å²) in [6, 6.07) is 1.59. The van der Waals surface area contributed by atoms with Crippen LogP contribution in [0, 0.1) is 13.8 Å². The van der Waals surface area contributed by atoms with Crippen molar-refractivity contribution in [2.24, 2.45) is 5.73 Å². The quantitative estimate of drug-likeness (QED) is 0.818. The molecule has 1 rings (SSSR count). The highest BCUT2D eigenvalue weighted by Gasteiger charge is 2.26. The largest absolute Gasteiger partial charge is 0.346 e. The topological polar surface area (TPSA) is 80.9 Å². The van der Waals surface area contributed by atoms with Crippen molar-refractivity contribution in [1.82, 2.24) is 15.5 Å². The van der Waals surface area contributed by atoms with E-state index >= 15 is 0 Å². The van der Waals surface area contributed by atoms with E-state index in [0.717, 1.165) is 5.69 Å². The maximum atomic E-state index is 12.1. The molecule has 1 atom stereocenters. The normalized spacial score (nSPS) is 13.3. The zero-order valence-corrected chi connectivity index (χ0v) is 11.0. The monoisotopic (exact) mass is 236 g/mol. The van der Waals surface area contributed by atoms with Crippen molar-refractivity contribution >= 4 is 5.91 Å². The third-order valence-electron chi connectivity index (χ3n) is 2.92. The number of hydrogen-bond acceptors (Lipinski definition) is 4. The number of nitrogens with zero attached hydrogens (tertiary/aromatic N) is 2. The average Bonchev–Trinajstić information content (AvgIpc) is 2.20. The van der Waals surface area contributed by atoms with Gasteiger partial charge < -0.3 is 11.1 Å². The minimum Gasteiger partial charge on any atom is -0.346 e. The van der Waals surface area contributed by atoms with Crippen LogP contribution < -0.4 is 11.1 Å². The number of aryl methyl sites for hydroxylation is 2. The first-order chi connectivity index (χ1) is 7.74. The molecule has 0 radical (unpaired) electrons. The van der Waals surface area contributed by atoms with Crippen molar-refractivity contribution in [3.8, 4) is 0 Å². The van der Waals surface area contributed by atoms with Crippen molar-refractivity contribution in [3.05, 3.63) is 23.0 Å². The molecule has 0 aliphatic rings. The molecule has 0 bridgehead atoms. The van der Waals surface area contributed by atoms with Gasteiger partial charge in [-0.2, -0.15) is 10.2 Å². The fourth-order valence-electron chi connectivity index (χ4n) is 1.25. The van der Waals surface area contributed by atoms with Gasteiger partial charge in [-0.25, -0.2) is 0 Å². The molecular formula is C12H20N4O. The minimum absolute atomic E-state index is 0.136. The number of nitrogens with one attached hydrogen (secondary N) is 1. The highest BCUT2D eigenvalue weighted by molar-refractivity contribution is 5.95. The van der Waals surface area contributed by atoms with Gasteiger partial charge in [-0.15, -0.1) is 0 Å². The summed E-state index contributed by atoms with van der Waals surface area (Å²) in [5.41, 5.74) is 7.25. The Morgan fingerprint density at radius 3 is 2.53 bits per heavy atom. The molecule has 0 aromatic carbocycles. The smallest absolute Gasteiger partial charge is 0.253 e. The molecule has 0 saturated carbocycles. The lowest BCUT2D eigenvalue weighted by atomic mass is 9.96. The second-order valence-corrected chi connectivity index (χ2v) is 4.95. The summed E-state index contributed by atoms with van der Waals surface area (Å²) < 4.78 is 0. The van der Waals surface area contributed by atoms with Crippen LogP contribution in [0.15, 0.2) is 6.07 Å². The van der Waals surface area contributed by atoms with E-state index in [4.69, 9.17) is 5.73 Å². The Labute approximate surface area is 102 Å². The number of amides is 1. The van der Waals surface area contributed by atoms with E-state index in [-0.39, 0.29) is 11.9 Å². The predicted molar refractivity (Wildman–Crippen MR) is 66.7 cm³/mol. The molecule has 1 aromatic heterocycles. The Morgan fingerprint density at radius 1 is 1.41 bits per heavy atom. The Bertz CT molecular complexity index is 427. The fraction of sp³-hybridized carbons (Fsp3) is 0.583. The molecule has 94 valence electrons. The number of hydrogen-bond donors (Lipinski definition) is 2. The molecule has 17 heavy (non-hydrogen) atoms. The number of nitrogens with two attached hydrogens (primary N) is 1. The van der Waals surface area contributed by atoms with Crippen molar-refractivity contribution in [3.63, 3.8) is 0 Å². The van der Waals surface area contributed by atoms with Crippen LogP contribution in [0.3, 0.4) is 0 Å². The van der Waals surface area contributed by atoms with Gasteiger partial charge in [0, 0.05) is 11.6 Å². The zero-order valence-electron chi connectivity index (χ0n) is 11.0. The van der Waals surface area contributed by atoms with Gasteiger partial charge in [0.2, 0.25) is 0 Å². The summed E-state index contributed by atoms with van der Waals surface area (Å²) in [5, 5.41) is 10.7. The van der Waals surface area contributed by atoms with Gasteiger partial charge in [-0.1, -0.05) is 0 Å². The van der Waals surface area contributed by atoms with Crippen LogP contribution in [0.5, 0.6) is 0 Å². The van der Waals surface area contributed by atoms with Gasteiger partial charge in [-0.05, 0) is 40.7 Å². The average molecular weight is 236 g/mol. The zero-order chi connectivity index (χ0) is 13.2. The second kappa shape index (κ2) is 4.79. The maximum absolute atomic E-state index is 12.1. The second-order valence-electron chi connectivity index (χ2n) is 4.95. The standard InChI is InChI=1S/C12H20N4O/c1-7-6-10(8(2)16-15-7)11(17)14-12(4,5)9(3)13/h6,9H,13H2,1-5H3,(H,14,17). The molecule has 0 aliphatic heterocycles. The van der Waals surface area contributed by atoms with Gasteiger partial charge in [-0.3, -0.25) is 4.79 Å². The number of aromatic nitrogens is 2. The molecule has 3 N–H and O–H groups in total. The Kier molecular flexibility index (Phi) is 3.83. The summed E-state index contributed by atoms with van der Waals surface area (Å²) in [7, 11) is 0. The lowest BCUT2D eigenvalue weighted by molar-refractivity contribution is 0.0902. The molecule has 0 aliphatic carbocycles. The predicted octanol–water partition coefficient (Wildman–Crippen LogP) is 0.949. The first-order valence-electron chi connectivity index (χ1n) is 5.63. The Hall–Kier alpha value is -1.49. The molecule has 1 unspecified atom stereocenters. The molecule has 1 heterocycles. The van der Waals surface area contributed by atoms with E-state index in [2.05, 4.69) is 15.5 Å². The van der Waals surface area contributed by atoms with E-state index < -0.39 is 5.54 Å². The van der Waals surface area contributed by atoms with Crippen LogP contribution in [0.25, 0.3) is 0 Å². The number of carbonyl (C=O) groups is 1. The summed E-state index contributed by atoms with van der Waals surface area (Å²) in [5.74, 6) is -0.164. The number of carbonyl (C=O) groups excluding carboxylic acids is 1. The fourth-order valence-corrected chi connectivity index (χ4v) is 1.25. The SMILES string of the molecule is Cc1cc(C(=O)NC(C)(C)C(C)N)c(C)nn1. The van der Waals surface area contributed by atoms with Gasteiger partial charge in [0.15, 0.2) is 0 Å². The first kappa shape index (κ1) is 13.6. The lowest BCUT2D eigenvalue weighted by Crippen LogP contribution is -2.54. The first-order valence-corrected chi connectivity index (χ1v) is 5.63. The Morgan fingerprint density at radius 2 is 2.00 bits per heavy atom. The van der Waals surface area contributed by atoms with Crippen LogP contribution in [0.2, 0.25) is 0 Å². The summed E-state index contributed by atoms with van der Waals surface area (Å²) in [6.07, 6.45) is 0.